The number of aliphatic hydroxyl groups is 1. The van der Waals surface area contributed by atoms with Crippen LogP contribution in [-0.4, -0.2) is 46.7 Å². The molecular weight excluding hydrogens is 392 g/mol. The average Bonchev–Trinajstić information content (AvgIpc) is 2.55. The average molecular weight is 425 g/mol. The molecule has 1 aromatic carbocycles. The van der Waals surface area contributed by atoms with Crippen LogP contribution in [0.1, 0.15) is 59.9 Å². The number of halogens is 1. The highest BCUT2D eigenvalue weighted by atomic mass is 35.5. The van der Waals surface area contributed by atoms with Crippen molar-refractivity contribution in [2.45, 2.75) is 71.6 Å². The highest BCUT2D eigenvalue weighted by molar-refractivity contribution is 6.30. The summed E-state index contributed by atoms with van der Waals surface area (Å²) in [5.41, 5.74) is -1.37. The summed E-state index contributed by atoms with van der Waals surface area (Å²) in [6.45, 7) is 11.9. The largest absolute Gasteiger partial charge is 0.444 e. The molecular formula is C22H33ClN2O4. The van der Waals surface area contributed by atoms with Gasteiger partial charge in [-0.1, -0.05) is 37.6 Å². The summed E-state index contributed by atoms with van der Waals surface area (Å²) in [6, 6.07) is 6.87. The molecule has 1 aliphatic rings. The van der Waals surface area contributed by atoms with Gasteiger partial charge in [0.1, 0.15) is 5.60 Å². The zero-order valence-electron chi connectivity index (χ0n) is 18.2. The van der Waals surface area contributed by atoms with Crippen LogP contribution in [0.25, 0.3) is 0 Å². The fraction of sp³-hybridized carbons (Fsp3) is 0.636. The summed E-state index contributed by atoms with van der Waals surface area (Å²) in [7, 11) is 0. The molecule has 0 bridgehead atoms. The molecule has 1 aromatic rings. The number of carbonyl (C=O) groups excluding carboxylic acids is 2. The minimum Gasteiger partial charge on any atom is -0.444 e. The first kappa shape index (κ1) is 23.5. The molecule has 162 valence electrons. The maximum atomic E-state index is 12.8. The molecule has 1 fully saturated rings. The van der Waals surface area contributed by atoms with Crippen LogP contribution in [0, 0.1) is 5.41 Å². The third-order valence-electron chi connectivity index (χ3n) is 5.37. The number of alkyl carbamates (subject to hydrolysis) is 1. The van der Waals surface area contributed by atoms with E-state index in [4.69, 9.17) is 16.3 Å². The normalized spacial score (nSPS) is 22.7. The predicted octanol–water partition coefficient (Wildman–Crippen LogP) is 4.09. The lowest BCUT2D eigenvalue weighted by Gasteiger charge is -2.50. The van der Waals surface area contributed by atoms with Gasteiger partial charge in [-0.2, -0.15) is 0 Å². The van der Waals surface area contributed by atoms with E-state index in [0.717, 1.165) is 5.56 Å². The molecule has 2 amide bonds. The summed E-state index contributed by atoms with van der Waals surface area (Å²) in [5.74, 6) is -0.0558. The van der Waals surface area contributed by atoms with E-state index in [1.54, 1.807) is 44.7 Å². The number of ether oxygens (including phenoxy) is 1. The van der Waals surface area contributed by atoms with Crippen molar-refractivity contribution in [3.05, 3.63) is 34.9 Å². The fourth-order valence-electron chi connectivity index (χ4n) is 3.75. The van der Waals surface area contributed by atoms with Crippen LogP contribution in [-0.2, 0) is 15.1 Å². The van der Waals surface area contributed by atoms with Crippen molar-refractivity contribution in [3.63, 3.8) is 0 Å². The van der Waals surface area contributed by atoms with E-state index in [1.807, 2.05) is 26.0 Å². The van der Waals surface area contributed by atoms with Crippen molar-refractivity contribution < 1.29 is 19.4 Å². The molecule has 2 unspecified atom stereocenters. The van der Waals surface area contributed by atoms with Crippen LogP contribution < -0.4 is 5.32 Å². The molecule has 1 saturated heterocycles. The lowest BCUT2D eigenvalue weighted by molar-refractivity contribution is -0.153. The number of benzene rings is 1. The van der Waals surface area contributed by atoms with E-state index >= 15 is 0 Å². The SMILES string of the molecule is CC(CC(=O)N1CCC(O)(c2ccc(Cl)cc2)C(C)(C)C1)NC(=O)OC(C)(C)C. The number of piperidine rings is 1. The van der Waals surface area contributed by atoms with Gasteiger partial charge in [0.25, 0.3) is 0 Å². The number of amides is 2. The second-order valence-corrected chi connectivity index (χ2v) is 10.0. The Morgan fingerprint density at radius 3 is 2.38 bits per heavy atom. The first-order valence-corrected chi connectivity index (χ1v) is 10.4. The first-order valence-electron chi connectivity index (χ1n) is 9.99. The van der Waals surface area contributed by atoms with Crippen molar-refractivity contribution in [1.29, 1.82) is 0 Å². The van der Waals surface area contributed by atoms with Crippen molar-refractivity contribution in [2.75, 3.05) is 13.1 Å². The van der Waals surface area contributed by atoms with Gasteiger partial charge in [0.05, 0.1) is 5.60 Å². The Hall–Kier alpha value is -1.79. The summed E-state index contributed by atoms with van der Waals surface area (Å²) in [4.78, 5) is 26.4. The molecule has 2 rings (SSSR count). The van der Waals surface area contributed by atoms with Gasteiger partial charge < -0.3 is 20.1 Å². The van der Waals surface area contributed by atoms with E-state index in [2.05, 4.69) is 5.32 Å². The van der Waals surface area contributed by atoms with Gasteiger partial charge in [0, 0.05) is 36.0 Å². The van der Waals surface area contributed by atoms with Gasteiger partial charge in [0.15, 0.2) is 0 Å². The van der Waals surface area contributed by atoms with Crippen molar-refractivity contribution in [1.82, 2.24) is 10.2 Å². The molecule has 0 spiro atoms. The van der Waals surface area contributed by atoms with Crippen molar-refractivity contribution >= 4 is 23.6 Å². The Labute approximate surface area is 178 Å². The Balaban J connectivity index is 1.99. The lowest BCUT2D eigenvalue weighted by Crippen LogP contribution is -2.57. The molecule has 0 saturated carbocycles. The molecule has 6 nitrogen and oxygen atoms in total. The standard InChI is InChI=1S/C22H33ClN2O4/c1-15(24-19(27)29-20(2,3)4)13-18(26)25-12-11-22(28,21(5,6)14-25)16-7-9-17(23)10-8-16/h7-10,15,28H,11-14H2,1-6H3,(H,24,27). The number of carbonyl (C=O) groups is 2. The quantitative estimate of drug-likeness (QED) is 0.762. The zero-order chi connectivity index (χ0) is 22.0. The van der Waals surface area contributed by atoms with Gasteiger partial charge >= 0.3 is 6.09 Å². The monoisotopic (exact) mass is 424 g/mol. The number of likely N-dealkylation sites (tertiary alicyclic amines) is 1. The number of rotatable bonds is 4. The van der Waals surface area contributed by atoms with Crippen LogP contribution in [0.4, 0.5) is 4.79 Å². The topological polar surface area (TPSA) is 78.9 Å². The van der Waals surface area contributed by atoms with E-state index < -0.39 is 22.7 Å². The molecule has 0 radical (unpaired) electrons. The summed E-state index contributed by atoms with van der Waals surface area (Å²) in [5, 5.41) is 14.7. The van der Waals surface area contributed by atoms with Gasteiger partial charge in [-0.05, 0) is 51.8 Å². The van der Waals surface area contributed by atoms with Gasteiger partial charge in [-0.15, -0.1) is 0 Å². The first-order chi connectivity index (χ1) is 13.2. The fourth-order valence-corrected chi connectivity index (χ4v) is 3.87. The highest BCUT2D eigenvalue weighted by Crippen LogP contribution is 2.46. The summed E-state index contributed by atoms with van der Waals surface area (Å²) in [6.07, 6.45) is 0.0736. The number of hydrogen-bond donors (Lipinski definition) is 2. The lowest BCUT2D eigenvalue weighted by atomic mass is 9.66. The van der Waals surface area contributed by atoms with Crippen LogP contribution in [0.15, 0.2) is 24.3 Å². The Morgan fingerprint density at radius 1 is 1.28 bits per heavy atom. The Kier molecular flexibility index (Phi) is 6.90. The molecule has 1 heterocycles. The number of nitrogens with one attached hydrogen (secondary N) is 1. The Bertz CT molecular complexity index is 742. The molecule has 2 N–H and O–H groups in total. The molecule has 1 aliphatic heterocycles. The third kappa shape index (κ3) is 5.86. The van der Waals surface area contributed by atoms with Crippen LogP contribution in [0.5, 0.6) is 0 Å². The van der Waals surface area contributed by atoms with E-state index in [9.17, 15) is 14.7 Å². The van der Waals surface area contributed by atoms with Crippen LogP contribution in [0.3, 0.4) is 0 Å². The van der Waals surface area contributed by atoms with Gasteiger partial charge in [-0.3, -0.25) is 4.79 Å². The van der Waals surface area contributed by atoms with Gasteiger partial charge in [-0.25, -0.2) is 4.79 Å². The van der Waals surface area contributed by atoms with Crippen LogP contribution in [0.2, 0.25) is 5.02 Å². The predicted molar refractivity (Wildman–Crippen MR) is 114 cm³/mol. The van der Waals surface area contributed by atoms with Crippen molar-refractivity contribution in [3.8, 4) is 0 Å². The highest BCUT2D eigenvalue weighted by Gasteiger charge is 2.49. The minimum absolute atomic E-state index is 0.0558. The second kappa shape index (κ2) is 8.52. The summed E-state index contributed by atoms with van der Waals surface area (Å²) >= 11 is 5.98. The molecule has 29 heavy (non-hydrogen) atoms. The van der Waals surface area contributed by atoms with Crippen LogP contribution >= 0.6 is 11.6 Å². The number of nitrogens with zero attached hydrogens (tertiary/aromatic N) is 1. The van der Waals surface area contributed by atoms with Gasteiger partial charge in [0.2, 0.25) is 5.91 Å². The maximum Gasteiger partial charge on any atom is 0.407 e. The Morgan fingerprint density at radius 2 is 1.86 bits per heavy atom. The maximum absolute atomic E-state index is 12.8. The summed E-state index contributed by atoms with van der Waals surface area (Å²) < 4.78 is 5.24. The molecule has 2 atom stereocenters. The molecule has 7 heteroatoms. The van der Waals surface area contributed by atoms with E-state index in [1.165, 1.54) is 0 Å². The molecule has 0 aliphatic carbocycles. The smallest absolute Gasteiger partial charge is 0.407 e. The molecule has 0 aromatic heterocycles. The third-order valence-corrected chi connectivity index (χ3v) is 5.62. The minimum atomic E-state index is -1.05. The second-order valence-electron chi connectivity index (χ2n) is 9.57. The van der Waals surface area contributed by atoms with Crippen molar-refractivity contribution in [2.24, 2.45) is 5.41 Å². The van der Waals surface area contributed by atoms with E-state index in [-0.39, 0.29) is 18.4 Å². The number of hydrogen-bond acceptors (Lipinski definition) is 4. The zero-order valence-corrected chi connectivity index (χ0v) is 19.0. The van der Waals surface area contributed by atoms with E-state index in [0.29, 0.717) is 24.5 Å².